The maximum Gasteiger partial charge on any atom is 0.138 e. The summed E-state index contributed by atoms with van der Waals surface area (Å²) in [4.78, 5) is 14.6. The number of ether oxygens (including phenoxy) is 1. The normalized spacial score (nSPS) is 21.9. The molecule has 34 heavy (non-hydrogen) atoms. The van der Waals surface area contributed by atoms with Gasteiger partial charge in [0.1, 0.15) is 11.5 Å². The fourth-order valence-electron chi connectivity index (χ4n) is 5.29. The Morgan fingerprint density at radius 2 is 1.79 bits per heavy atom. The largest absolute Gasteiger partial charge is 0.377 e. The highest BCUT2D eigenvalue weighted by atomic mass is 16.5. The summed E-state index contributed by atoms with van der Waals surface area (Å²) in [6.07, 6.45) is 5.15. The van der Waals surface area contributed by atoms with Gasteiger partial charge in [-0.1, -0.05) is 18.2 Å². The lowest BCUT2D eigenvalue weighted by Crippen LogP contribution is -2.55. The van der Waals surface area contributed by atoms with Crippen molar-refractivity contribution in [1.82, 2.24) is 19.3 Å². The standard InChI is InChI=1S/C28H31N5O/c1-19-17-32(18-20(2)31(19)3)27-10-8-23(16-29-27)25-5-4-6-28-30-24-9-7-22(15-26(24)33(25)28)21-11-13-34-14-12-21/h4-11,15-16,19-20H,12-14,17-18H2,1-3H3/t19-,20+. The summed E-state index contributed by atoms with van der Waals surface area (Å²) in [6.45, 7) is 8.04. The number of hydrogen-bond donors (Lipinski definition) is 0. The third-order valence-electron chi connectivity index (χ3n) is 7.48. The van der Waals surface area contributed by atoms with Crippen LogP contribution in [0, 0.1) is 0 Å². The van der Waals surface area contributed by atoms with Crippen LogP contribution in [-0.2, 0) is 4.74 Å². The number of anilines is 1. The first kappa shape index (κ1) is 21.3. The highest BCUT2D eigenvalue weighted by Crippen LogP contribution is 2.30. The van der Waals surface area contributed by atoms with E-state index in [1.165, 1.54) is 11.1 Å². The lowest BCUT2D eigenvalue weighted by molar-refractivity contribution is 0.161. The lowest BCUT2D eigenvalue weighted by Gasteiger charge is -2.43. The summed E-state index contributed by atoms with van der Waals surface area (Å²) in [5.74, 6) is 1.05. The SMILES string of the molecule is C[C@@H]1CN(c2ccc(-c3cccc4nc5ccc(C6=CCOCC6)cc5n34)cn2)C[C@H](C)N1C. The van der Waals surface area contributed by atoms with Crippen molar-refractivity contribution in [3.63, 3.8) is 0 Å². The third-order valence-corrected chi connectivity index (χ3v) is 7.48. The molecule has 0 N–H and O–H groups in total. The van der Waals surface area contributed by atoms with Crippen LogP contribution in [0.25, 0.3) is 33.5 Å². The fourth-order valence-corrected chi connectivity index (χ4v) is 5.29. The van der Waals surface area contributed by atoms with Crippen molar-refractivity contribution in [2.24, 2.45) is 0 Å². The van der Waals surface area contributed by atoms with Crippen molar-refractivity contribution in [1.29, 1.82) is 0 Å². The van der Waals surface area contributed by atoms with Crippen LogP contribution in [0.4, 0.5) is 5.82 Å². The molecule has 6 heteroatoms. The van der Waals surface area contributed by atoms with Gasteiger partial charge in [0.15, 0.2) is 0 Å². The minimum Gasteiger partial charge on any atom is -0.377 e. The number of rotatable bonds is 3. The van der Waals surface area contributed by atoms with E-state index >= 15 is 0 Å². The molecule has 174 valence electrons. The van der Waals surface area contributed by atoms with Crippen LogP contribution in [0.2, 0.25) is 0 Å². The summed E-state index contributed by atoms with van der Waals surface area (Å²) >= 11 is 0. The van der Waals surface area contributed by atoms with Gasteiger partial charge in [-0.05, 0) is 74.9 Å². The Kier molecular flexibility index (Phi) is 5.35. The van der Waals surface area contributed by atoms with Crippen LogP contribution in [0.15, 0.2) is 60.8 Å². The average Bonchev–Trinajstić information content (AvgIpc) is 3.26. The van der Waals surface area contributed by atoms with Crippen molar-refractivity contribution < 1.29 is 4.74 Å². The van der Waals surface area contributed by atoms with Crippen molar-refractivity contribution in [3.8, 4) is 11.3 Å². The van der Waals surface area contributed by atoms with E-state index in [-0.39, 0.29) is 0 Å². The summed E-state index contributed by atoms with van der Waals surface area (Å²) < 4.78 is 7.76. The zero-order valence-electron chi connectivity index (χ0n) is 20.1. The zero-order valence-corrected chi connectivity index (χ0v) is 20.1. The molecular formula is C28H31N5O. The van der Waals surface area contributed by atoms with Crippen molar-refractivity contribution in [3.05, 3.63) is 66.4 Å². The number of fused-ring (bicyclic) bond motifs is 3. The zero-order chi connectivity index (χ0) is 23.2. The Morgan fingerprint density at radius 3 is 2.53 bits per heavy atom. The molecule has 1 fully saturated rings. The van der Waals surface area contributed by atoms with Gasteiger partial charge < -0.3 is 9.64 Å². The fraction of sp³-hybridized carbons (Fsp3) is 0.357. The Balaban J connectivity index is 1.39. The highest BCUT2D eigenvalue weighted by Gasteiger charge is 2.27. The van der Waals surface area contributed by atoms with E-state index in [0.29, 0.717) is 18.7 Å². The van der Waals surface area contributed by atoms with Gasteiger partial charge in [-0.3, -0.25) is 9.30 Å². The topological polar surface area (TPSA) is 45.9 Å². The summed E-state index contributed by atoms with van der Waals surface area (Å²) in [5, 5.41) is 0. The molecule has 0 spiro atoms. The second-order valence-corrected chi connectivity index (χ2v) is 9.65. The summed E-state index contributed by atoms with van der Waals surface area (Å²) in [6, 6.07) is 18.3. The van der Waals surface area contributed by atoms with Crippen LogP contribution in [0.1, 0.15) is 25.8 Å². The van der Waals surface area contributed by atoms with Crippen LogP contribution in [0.5, 0.6) is 0 Å². The third kappa shape index (κ3) is 3.67. The Bertz CT molecular complexity index is 1360. The number of hydrogen-bond acceptors (Lipinski definition) is 5. The van der Waals surface area contributed by atoms with Gasteiger partial charge in [0.05, 0.1) is 29.9 Å². The number of pyridine rings is 2. The molecule has 0 aliphatic carbocycles. The Hall–Kier alpha value is -3.22. The van der Waals surface area contributed by atoms with E-state index in [1.54, 1.807) is 0 Å². The molecule has 6 nitrogen and oxygen atoms in total. The Labute approximate surface area is 200 Å². The molecule has 2 aliphatic heterocycles. The second kappa shape index (κ2) is 8.53. The van der Waals surface area contributed by atoms with E-state index < -0.39 is 0 Å². The van der Waals surface area contributed by atoms with Crippen molar-refractivity contribution >= 4 is 28.1 Å². The van der Waals surface area contributed by atoms with Gasteiger partial charge in [0.2, 0.25) is 0 Å². The lowest BCUT2D eigenvalue weighted by atomic mass is 10.0. The molecule has 1 aromatic carbocycles. The smallest absolute Gasteiger partial charge is 0.138 e. The molecule has 5 heterocycles. The maximum atomic E-state index is 5.50. The molecule has 0 radical (unpaired) electrons. The number of nitrogens with zero attached hydrogens (tertiary/aromatic N) is 5. The van der Waals surface area contributed by atoms with Gasteiger partial charge >= 0.3 is 0 Å². The van der Waals surface area contributed by atoms with E-state index in [0.717, 1.165) is 59.9 Å². The summed E-state index contributed by atoms with van der Waals surface area (Å²) in [7, 11) is 2.21. The quantitative estimate of drug-likeness (QED) is 0.442. The molecule has 0 amide bonds. The first-order chi connectivity index (χ1) is 16.6. The first-order valence-corrected chi connectivity index (χ1v) is 12.2. The minimum atomic E-state index is 0.510. The van der Waals surface area contributed by atoms with E-state index in [4.69, 9.17) is 14.7 Å². The summed E-state index contributed by atoms with van der Waals surface area (Å²) in [5.41, 5.74) is 7.89. The molecule has 3 aromatic heterocycles. The van der Waals surface area contributed by atoms with Crippen LogP contribution in [-0.4, -0.2) is 64.7 Å². The molecule has 6 rings (SSSR count). The monoisotopic (exact) mass is 453 g/mol. The van der Waals surface area contributed by atoms with Gasteiger partial charge in [0, 0.05) is 36.9 Å². The van der Waals surface area contributed by atoms with E-state index in [2.05, 4.69) is 89.7 Å². The molecule has 0 bridgehead atoms. The predicted molar refractivity (Wildman–Crippen MR) is 138 cm³/mol. The van der Waals surface area contributed by atoms with E-state index in [1.807, 2.05) is 6.20 Å². The molecule has 1 saturated heterocycles. The predicted octanol–water partition coefficient (Wildman–Crippen LogP) is 4.88. The van der Waals surface area contributed by atoms with Crippen molar-refractivity contribution in [2.75, 3.05) is 38.3 Å². The van der Waals surface area contributed by atoms with Gasteiger partial charge in [0.25, 0.3) is 0 Å². The molecular weight excluding hydrogens is 422 g/mol. The number of aromatic nitrogens is 3. The average molecular weight is 454 g/mol. The molecule has 2 aliphatic rings. The highest BCUT2D eigenvalue weighted by molar-refractivity contribution is 5.87. The van der Waals surface area contributed by atoms with Gasteiger partial charge in [-0.2, -0.15) is 0 Å². The maximum absolute atomic E-state index is 5.50. The molecule has 2 atom stereocenters. The number of imidazole rings is 1. The van der Waals surface area contributed by atoms with Gasteiger partial charge in [-0.15, -0.1) is 0 Å². The second-order valence-electron chi connectivity index (χ2n) is 9.65. The Morgan fingerprint density at radius 1 is 0.971 bits per heavy atom. The number of likely N-dealkylation sites (N-methyl/N-ethyl adjacent to an activating group) is 1. The molecule has 0 saturated carbocycles. The number of benzene rings is 1. The number of piperazine rings is 1. The molecule has 0 unspecified atom stereocenters. The van der Waals surface area contributed by atoms with Gasteiger partial charge in [-0.25, -0.2) is 9.97 Å². The minimum absolute atomic E-state index is 0.510. The van der Waals surface area contributed by atoms with Crippen molar-refractivity contribution in [2.45, 2.75) is 32.4 Å². The first-order valence-electron chi connectivity index (χ1n) is 12.2. The van der Waals surface area contributed by atoms with E-state index in [9.17, 15) is 0 Å². The van der Waals surface area contributed by atoms with Crippen LogP contribution in [0.3, 0.4) is 0 Å². The van der Waals surface area contributed by atoms with Crippen LogP contribution >= 0.6 is 0 Å². The molecule has 4 aromatic rings. The van der Waals surface area contributed by atoms with Crippen LogP contribution < -0.4 is 4.90 Å².